The van der Waals surface area contributed by atoms with Gasteiger partial charge in [0.1, 0.15) is 11.2 Å². The Morgan fingerprint density at radius 2 is 2.11 bits per heavy atom. The Morgan fingerprint density at radius 1 is 1.34 bits per heavy atom. The van der Waals surface area contributed by atoms with E-state index in [1.165, 1.54) is 6.07 Å². The van der Waals surface area contributed by atoms with E-state index in [1.807, 2.05) is 19.9 Å². The van der Waals surface area contributed by atoms with E-state index in [2.05, 4.69) is 21.4 Å². The smallest absolute Gasteiger partial charge is 0.356 e. The molecule has 1 aliphatic carbocycles. The van der Waals surface area contributed by atoms with Gasteiger partial charge in [-0.2, -0.15) is 5.26 Å². The lowest BCUT2D eigenvalue weighted by Gasteiger charge is -2.32. The van der Waals surface area contributed by atoms with Crippen molar-refractivity contribution in [2.24, 2.45) is 5.92 Å². The van der Waals surface area contributed by atoms with Crippen LogP contribution >= 0.6 is 11.6 Å². The fourth-order valence-electron chi connectivity index (χ4n) is 5.11. The van der Waals surface area contributed by atoms with E-state index in [4.69, 9.17) is 16.6 Å². The maximum absolute atomic E-state index is 14.1. The number of rotatable bonds is 5. The number of nitrogens with one attached hydrogen (secondary N) is 1. The Labute approximate surface area is 204 Å². The second-order valence-electron chi connectivity index (χ2n) is 9.13. The van der Waals surface area contributed by atoms with Crippen LogP contribution in [-0.4, -0.2) is 44.5 Å². The molecule has 1 saturated heterocycles. The molecule has 8 nitrogen and oxygen atoms in total. The van der Waals surface area contributed by atoms with E-state index in [-0.39, 0.29) is 35.2 Å². The fourth-order valence-corrected chi connectivity index (χ4v) is 5.26. The van der Waals surface area contributed by atoms with Crippen molar-refractivity contribution >= 4 is 40.1 Å². The Bertz CT molecular complexity index is 1410. The lowest BCUT2D eigenvalue weighted by molar-refractivity contribution is -0.0411. The van der Waals surface area contributed by atoms with E-state index in [0.717, 1.165) is 11.1 Å². The number of nitrogens with zero attached hydrogens (tertiary/aromatic N) is 5. The number of aromatic carboxylic acids is 1. The number of fused-ring (bicyclic) bond motifs is 3. The van der Waals surface area contributed by atoms with Crippen LogP contribution in [0.3, 0.4) is 0 Å². The van der Waals surface area contributed by atoms with Crippen molar-refractivity contribution in [2.75, 3.05) is 16.8 Å². The number of aromatic nitrogens is 3. The molecule has 0 amide bonds. The molecule has 2 bridgehead atoms. The van der Waals surface area contributed by atoms with Gasteiger partial charge >= 0.3 is 5.97 Å². The van der Waals surface area contributed by atoms with Crippen LogP contribution in [0.5, 0.6) is 0 Å². The lowest BCUT2D eigenvalue weighted by Crippen LogP contribution is -2.41. The predicted molar refractivity (Wildman–Crippen MR) is 126 cm³/mol. The first-order valence-electron chi connectivity index (χ1n) is 11.1. The molecular formula is C24H21ClF2N6O2. The van der Waals surface area contributed by atoms with Gasteiger partial charge in [0.05, 0.1) is 22.8 Å². The van der Waals surface area contributed by atoms with Crippen LogP contribution in [0, 0.1) is 24.2 Å². The van der Waals surface area contributed by atoms with Crippen molar-refractivity contribution in [1.29, 1.82) is 5.26 Å². The Hall–Kier alpha value is -3.58. The number of piperidine rings is 1. The highest BCUT2D eigenvalue weighted by Gasteiger charge is 2.56. The lowest BCUT2D eigenvalue weighted by atomic mass is 10.0. The third kappa shape index (κ3) is 4.00. The average Bonchev–Trinajstić information content (AvgIpc) is 3.34. The number of hydrogen-bond acceptors (Lipinski definition) is 7. The normalized spacial score (nSPS) is 21.2. The minimum absolute atomic E-state index is 0.0617. The number of nitriles is 1. The van der Waals surface area contributed by atoms with Crippen molar-refractivity contribution < 1.29 is 18.7 Å². The number of carboxylic acids is 1. The molecular weight excluding hydrogens is 478 g/mol. The van der Waals surface area contributed by atoms with Crippen molar-refractivity contribution in [2.45, 2.75) is 44.7 Å². The molecule has 2 fully saturated rings. The van der Waals surface area contributed by atoms with Gasteiger partial charge in [0.15, 0.2) is 17.2 Å². The van der Waals surface area contributed by atoms with Gasteiger partial charge in [-0.15, -0.1) is 0 Å². The van der Waals surface area contributed by atoms with Crippen molar-refractivity contribution in [3.8, 4) is 6.07 Å². The molecule has 11 heteroatoms. The minimum Gasteiger partial charge on any atom is -0.476 e. The highest BCUT2D eigenvalue weighted by molar-refractivity contribution is 6.29. The first kappa shape index (κ1) is 23.2. The molecule has 2 aliphatic rings. The number of anilines is 2. The second-order valence-corrected chi connectivity index (χ2v) is 9.52. The van der Waals surface area contributed by atoms with Crippen LogP contribution in [0.25, 0.3) is 11.0 Å². The van der Waals surface area contributed by atoms with Gasteiger partial charge in [-0.25, -0.2) is 28.5 Å². The van der Waals surface area contributed by atoms with E-state index in [9.17, 15) is 23.9 Å². The number of carbonyl (C=O) groups is 1. The first-order chi connectivity index (χ1) is 16.6. The highest BCUT2D eigenvalue weighted by atomic mass is 35.5. The number of benzene rings is 1. The molecule has 35 heavy (non-hydrogen) atoms. The van der Waals surface area contributed by atoms with Gasteiger partial charge in [-0.05, 0) is 44.0 Å². The molecule has 3 aromatic rings. The van der Waals surface area contributed by atoms with Crippen LogP contribution in [-0.2, 0) is 0 Å². The first-order valence-corrected chi connectivity index (χ1v) is 11.5. The van der Waals surface area contributed by atoms with Crippen molar-refractivity contribution in [1.82, 2.24) is 15.0 Å². The molecule has 0 spiro atoms. The predicted octanol–water partition coefficient (Wildman–Crippen LogP) is 4.96. The number of halogens is 3. The Morgan fingerprint density at radius 3 is 2.74 bits per heavy atom. The summed E-state index contributed by atoms with van der Waals surface area (Å²) in [6.07, 6.45) is 0.0975. The molecule has 3 atom stereocenters. The summed E-state index contributed by atoms with van der Waals surface area (Å²) in [5.41, 5.74) is 2.77. The third-order valence-electron chi connectivity index (χ3n) is 6.73. The van der Waals surface area contributed by atoms with Gasteiger partial charge in [0.25, 0.3) is 5.92 Å². The molecule has 2 N–H and O–H groups in total. The number of aryl methyl sites for hydroxylation is 1. The van der Waals surface area contributed by atoms with Gasteiger partial charge in [0, 0.05) is 30.5 Å². The maximum atomic E-state index is 14.1. The van der Waals surface area contributed by atoms with Gasteiger partial charge in [-0.1, -0.05) is 17.7 Å². The SMILES string of the molecule is Cc1cc([C@@H](C)Nc2ccc(Cl)nc2C(=O)O)c2nc(N3C[C@H]4C[C@@H]3CC4(F)F)c(C#N)nc2c1. The van der Waals surface area contributed by atoms with Crippen LogP contribution < -0.4 is 10.2 Å². The largest absolute Gasteiger partial charge is 0.476 e. The number of alkyl halides is 2. The summed E-state index contributed by atoms with van der Waals surface area (Å²) >= 11 is 5.87. The number of hydrogen-bond donors (Lipinski definition) is 2. The monoisotopic (exact) mass is 498 g/mol. The highest BCUT2D eigenvalue weighted by Crippen LogP contribution is 2.49. The van der Waals surface area contributed by atoms with Gasteiger partial charge < -0.3 is 15.3 Å². The fraction of sp³-hybridized carbons (Fsp3) is 0.375. The van der Waals surface area contributed by atoms with E-state index in [0.29, 0.717) is 23.3 Å². The van der Waals surface area contributed by atoms with E-state index in [1.54, 1.807) is 17.0 Å². The Kier molecular flexibility index (Phi) is 5.48. The summed E-state index contributed by atoms with van der Waals surface area (Å²) in [5.74, 6) is -4.38. The molecule has 180 valence electrons. The van der Waals surface area contributed by atoms with Gasteiger partial charge in [-0.3, -0.25) is 0 Å². The zero-order valence-corrected chi connectivity index (χ0v) is 19.6. The van der Waals surface area contributed by atoms with Crippen molar-refractivity contribution in [3.05, 3.63) is 51.9 Å². The molecule has 0 radical (unpaired) electrons. The summed E-state index contributed by atoms with van der Waals surface area (Å²) in [7, 11) is 0. The molecule has 5 rings (SSSR count). The maximum Gasteiger partial charge on any atom is 0.356 e. The topological polar surface area (TPSA) is 115 Å². The van der Waals surface area contributed by atoms with Crippen LogP contribution in [0.2, 0.25) is 5.15 Å². The summed E-state index contributed by atoms with van der Waals surface area (Å²) in [5, 5.41) is 22.5. The standard InChI is InChI=1S/C24H21ClF2N6O2/c1-11-5-15(12(2)29-16-3-4-19(25)31-21(16)23(34)35)20-17(6-11)30-18(9-28)22(32-20)33-10-13-7-14(33)8-24(13,26)27/h3-6,12-14,29H,7-8,10H2,1-2H3,(H,34,35)/t12-,13-,14-/m1/s1. The van der Waals surface area contributed by atoms with Gasteiger partial charge in [0.2, 0.25) is 0 Å². The summed E-state index contributed by atoms with van der Waals surface area (Å²) < 4.78 is 28.2. The molecule has 1 saturated carbocycles. The molecule has 2 aromatic heterocycles. The zero-order chi connectivity index (χ0) is 25.1. The van der Waals surface area contributed by atoms with Crippen molar-refractivity contribution in [3.63, 3.8) is 0 Å². The summed E-state index contributed by atoms with van der Waals surface area (Å²) in [6.45, 7) is 3.84. The summed E-state index contributed by atoms with van der Waals surface area (Å²) in [6, 6.07) is 8.00. The quantitative estimate of drug-likeness (QED) is 0.474. The van der Waals surface area contributed by atoms with E-state index < -0.39 is 29.9 Å². The average molecular weight is 499 g/mol. The summed E-state index contributed by atoms with van der Waals surface area (Å²) in [4.78, 5) is 26.6. The molecule has 3 heterocycles. The zero-order valence-electron chi connectivity index (χ0n) is 18.9. The Balaban J connectivity index is 1.57. The number of pyridine rings is 1. The van der Waals surface area contributed by atoms with Crippen LogP contribution in [0.4, 0.5) is 20.3 Å². The second kappa shape index (κ2) is 8.27. The number of carboxylic acid groups (broad SMARTS) is 1. The van der Waals surface area contributed by atoms with E-state index >= 15 is 0 Å². The minimum atomic E-state index is -2.70. The molecule has 1 aliphatic heterocycles. The van der Waals surface area contributed by atoms with Crippen LogP contribution in [0.15, 0.2) is 24.3 Å². The third-order valence-corrected chi connectivity index (χ3v) is 6.94. The van der Waals surface area contributed by atoms with Crippen LogP contribution in [0.1, 0.15) is 53.1 Å². The molecule has 1 aromatic carbocycles. The molecule has 0 unspecified atom stereocenters.